The van der Waals surface area contributed by atoms with Crippen molar-refractivity contribution in [2.45, 2.75) is 43.4 Å². The van der Waals surface area contributed by atoms with Crippen LogP contribution in [0.2, 0.25) is 0 Å². The van der Waals surface area contributed by atoms with Gasteiger partial charge >= 0.3 is 58.2 Å². The molecule has 2 bridgehead atoms. The summed E-state index contributed by atoms with van der Waals surface area (Å²) < 4.78 is 0. The molecule has 2 fully saturated rings. The van der Waals surface area contributed by atoms with Crippen molar-refractivity contribution >= 4 is 0 Å². The minimum absolute atomic E-state index is 0. The Labute approximate surface area is 144 Å². The zero-order valence-electron chi connectivity index (χ0n) is 9.50. The molecule has 0 aliphatic carbocycles. The standard InChI is InChI=1S/C11H14N3O.Rb/c15-11(10-12-4-1-5-13-10)6-8-2-3-9(7-11)14-8;/h1,4-5,8-9,15H,2-3,6-7H2;/q-1;+1. The van der Waals surface area contributed by atoms with Crippen LogP contribution < -0.4 is 58.2 Å². The zero-order valence-corrected chi connectivity index (χ0v) is 14.4. The van der Waals surface area contributed by atoms with Crippen LogP contribution in [-0.2, 0) is 5.60 Å². The van der Waals surface area contributed by atoms with Crippen LogP contribution >= 0.6 is 0 Å². The number of aliphatic hydroxyl groups is 1. The smallest absolute Gasteiger partial charge is 0.657 e. The van der Waals surface area contributed by atoms with Crippen LogP contribution in [-0.4, -0.2) is 27.2 Å². The molecule has 1 aromatic rings. The monoisotopic (exact) mass is 289 g/mol. The van der Waals surface area contributed by atoms with E-state index in [9.17, 15) is 5.11 Å². The zero-order chi connectivity index (χ0) is 10.3. The Kier molecular flexibility index (Phi) is 4.31. The van der Waals surface area contributed by atoms with E-state index in [4.69, 9.17) is 0 Å². The summed E-state index contributed by atoms with van der Waals surface area (Å²) in [4.78, 5) is 8.34. The molecule has 5 heteroatoms. The Morgan fingerprint density at radius 3 is 2.31 bits per heavy atom. The fourth-order valence-electron chi connectivity index (χ4n) is 2.73. The van der Waals surface area contributed by atoms with Gasteiger partial charge in [-0.15, -0.1) is 12.1 Å². The molecule has 0 aromatic carbocycles. The Morgan fingerprint density at radius 1 is 1.19 bits per heavy atom. The average Bonchev–Trinajstić information content (AvgIpc) is 2.60. The van der Waals surface area contributed by atoms with Gasteiger partial charge in [0, 0.05) is 12.4 Å². The fourth-order valence-corrected chi connectivity index (χ4v) is 2.73. The van der Waals surface area contributed by atoms with Gasteiger partial charge in [-0.3, -0.25) is 0 Å². The van der Waals surface area contributed by atoms with Gasteiger partial charge in [0.15, 0.2) is 5.82 Å². The number of hydrogen-bond acceptors (Lipinski definition) is 3. The first-order valence-electron chi connectivity index (χ1n) is 5.46. The molecular formula is C11H14N3ORb. The maximum absolute atomic E-state index is 10.5. The Hall–Kier alpha value is 0.805. The second kappa shape index (κ2) is 5.20. The van der Waals surface area contributed by atoms with Crippen LogP contribution in [0.15, 0.2) is 18.5 Å². The molecule has 3 heterocycles. The van der Waals surface area contributed by atoms with E-state index < -0.39 is 5.60 Å². The van der Waals surface area contributed by atoms with E-state index in [0.717, 1.165) is 12.8 Å². The quantitative estimate of drug-likeness (QED) is 0.675. The van der Waals surface area contributed by atoms with E-state index in [-0.39, 0.29) is 58.2 Å². The first kappa shape index (κ1) is 13.2. The van der Waals surface area contributed by atoms with Crippen LogP contribution in [0.1, 0.15) is 31.5 Å². The molecule has 16 heavy (non-hydrogen) atoms. The number of hydrogen-bond donors (Lipinski definition) is 1. The van der Waals surface area contributed by atoms with Crippen molar-refractivity contribution in [3.05, 3.63) is 29.6 Å². The van der Waals surface area contributed by atoms with Gasteiger partial charge in [0.05, 0.1) is 0 Å². The van der Waals surface area contributed by atoms with Crippen molar-refractivity contribution in [3.8, 4) is 0 Å². The molecule has 0 radical (unpaired) electrons. The third kappa shape index (κ3) is 2.47. The molecule has 3 rings (SSSR count). The number of fused-ring (bicyclic) bond motifs is 2. The van der Waals surface area contributed by atoms with Gasteiger partial charge in [-0.25, -0.2) is 9.97 Å². The van der Waals surface area contributed by atoms with Gasteiger partial charge in [-0.2, -0.15) is 0 Å². The molecule has 2 aliphatic heterocycles. The molecule has 2 aliphatic rings. The predicted octanol–water partition coefficient (Wildman–Crippen LogP) is -1.63. The first-order chi connectivity index (χ1) is 7.26. The van der Waals surface area contributed by atoms with Crippen molar-refractivity contribution < 1.29 is 63.3 Å². The van der Waals surface area contributed by atoms with Crippen LogP contribution in [0.3, 0.4) is 0 Å². The number of nitrogens with zero attached hydrogens (tertiary/aromatic N) is 3. The topological polar surface area (TPSA) is 60.1 Å². The predicted molar refractivity (Wildman–Crippen MR) is 55.3 cm³/mol. The minimum atomic E-state index is -0.838. The van der Waals surface area contributed by atoms with Crippen LogP contribution in [0, 0.1) is 0 Å². The Balaban J connectivity index is 0.000000963. The van der Waals surface area contributed by atoms with Gasteiger partial charge in [0.1, 0.15) is 5.60 Å². The molecule has 2 atom stereocenters. The van der Waals surface area contributed by atoms with Gasteiger partial charge in [0.25, 0.3) is 0 Å². The molecular weight excluding hydrogens is 276 g/mol. The molecule has 0 spiro atoms. The van der Waals surface area contributed by atoms with E-state index in [1.165, 1.54) is 0 Å². The number of aromatic nitrogens is 2. The SMILES string of the molecule is OC1(c2ncccn2)CC2CCC(C1)[N-]2.[Rb+]. The average molecular weight is 290 g/mol. The Bertz CT molecular complexity index is 348. The van der Waals surface area contributed by atoms with Crippen LogP contribution in [0.5, 0.6) is 0 Å². The van der Waals surface area contributed by atoms with Crippen molar-refractivity contribution in [1.29, 1.82) is 0 Å². The summed E-state index contributed by atoms with van der Waals surface area (Å²) in [5.41, 5.74) is -0.838. The summed E-state index contributed by atoms with van der Waals surface area (Å²) in [5.74, 6) is 0.566. The number of piperidine rings is 1. The van der Waals surface area contributed by atoms with Gasteiger partial charge in [0.2, 0.25) is 0 Å². The summed E-state index contributed by atoms with van der Waals surface area (Å²) in [6.07, 6.45) is 6.97. The third-order valence-corrected chi connectivity index (χ3v) is 3.38. The largest absolute Gasteiger partial charge is 1.00 e. The van der Waals surface area contributed by atoms with Crippen molar-refractivity contribution in [1.82, 2.24) is 9.97 Å². The molecule has 1 N–H and O–H groups in total. The summed E-state index contributed by atoms with van der Waals surface area (Å²) in [6, 6.07) is 2.41. The van der Waals surface area contributed by atoms with E-state index in [2.05, 4.69) is 15.3 Å². The third-order valence-electron chi connectivity index (χ3n) is 3.38. The van der Waals surface area contributed by atoms with E-state index in [1.54, 1.807) is 18.5 Å². The number of rotatable bonds is 1. The maximum atomic E-state index is 10.5. The molecule has 0 amide bonds. The molecule has 2 saturated heterocycles. The van der Waals surface area contributed by atoms with Crippen molar-refractivity contribution in [3.63, 3.8) is 0 Å². The summed E-state index contributed by atoms with van der Waals surface area (Å²) in [6.45, 7) is 0. The van der Waals surface area contributed by atoms with E-state index in [0.29, 0.717) is 30.7 Å². The fraction of sp³-hybridized carbons (Fsp3) is 0.636. The second-order valence-electron chi connectivity index (χ2n) is 4.55. The van der Waals surface area contributed by atoms with Gasteiger partial charge in [-0.1, -0.05) is 12.8 Å². The summed E-state index contributed by atoms with van der Waals surface area (Å²) in [7, 11) is 0. The maximum Gasteiger partial charge on any atom is 1.00 e. The molecule has 1 aromatic heterocycles. The second-order valence-corrected chi connectivity index (χ2v) is 4.55. The van der Waals surface area contributed by atoms with Gasteiger partial charge in [-0.05, 0) is 18.9 Å². The van der Waals surface area contributed by atoms with Crippen molar-refractivity contribution in [2.75, 3.05) is 0 Å². The Morgan fingerprint density at radius 2 is 1.75 bits per heavy atom. The summed E-state index contributed by atoms with van der Waals surface area (Å²) in [5, 5.41) is 15.1. The first-order valence-corrected chi connectivity index (χ1v) is 5.46. The molecule has 80 valence electrons. The molecule has 4 nitrogen and oxygen atoms in total. The van der Waals surface area contributed by atoms with Crippen LogP contribution in [0.4, 0.5) is 0 Å². The molecule has 2 unspecified atom stereocenters. The van der Waals surface area contributed by atoms with Crippen LogP contribution in [0.25, 0.3) is 5.32 Å². The van der Waals surface area contributed by atoms with E-state index in [1.807, 2.05) is 0 Å². The van der Waals surface area contributed by atoms with Crippen molar-refractivity contribution in [2.24, 2.45) is 0 Å². The summed E-state index contributed by atoms with van der Waals surface area (Å²) >= 11 is 0. The normalized spacial score (nSPS) is 36.8. The minimum Gasteiger partial charge on any atom is -0.657 e. The van der Waals surface area contributed by atoms with E-state index >= 15 is 0 Å². The van der Waals surface area contributed by atoms with Gasteiger partial charge < -0.3 is 10.4 Å². The molecule has 0 saturated carbocycles.